The molecule has 2 saturated heterocycles. The Morgan fingerprint density at radius 1 is 0.878 bits per heavy atom. The average Bonchev–Trinajstić information content (AvgIpc) is 3.63. The van der Waals surface area contributed by atoms with E-state index in [-0.39, 0.29) is 39.0 Å². The van der Waals surface area contributed by atoms with Crippen molar-refractivity contribution in [2.24, 2.45) is 11.8 Å². The van der Waals surface area contributed by atoms with Crippen molar-refractivity contribution in [3.05, 3.63) is 59.7 Å². The number of thioether (sulfide) groups is 2. The SMILES string of the molecule is COc1ccc(COC[C@H](C)[C@@H]2OC(O)C(C)(C)S[C@@H]2C)cc1.COc1ccc(COC[C@H](C)[C@H](O)[C@@H](C)SC(C)(C)C2OCCO2)cc1. The molecule has 0 aromatic heterocycles. The molecule has 49 heavy (non-hydrogen) atoms. The molecule has 2 fully saturated rings. The number of hydrogen-bond acceptors (Lipinski definition) is 11. The lowest BCUT2D eigenvalue weighted by molar-refractivity contribution is -0.174. The molecule has 0 radical (unpaired) electrons. The van der Waals surface area contributed by atoms with Gasteiger partial charge in [-0.1, -0.05) is 52.0 Å². The molecule has 0 bridgehead atoms. The summed E-state index contributed by atoms with van der Waals surface area (Å²) in [5.41, 5.74) is 2.21. The van der Waals surface area contributed by atoms with Gasteiger partial charge in [0.25, 0.3) is 0 Å². The molecule has 2 heterocycles. The molecule has 0 aliphatic carbocycles. The molecule has 1 unspecified atom stereocenters. The van der Waals surface area contributed by atoms with E-state index in [4.69, 9.17) is 33.2 Å². The average molecular weight is 725 g/mol. The van der Waals surface area contributed by atoms with Crippen LogP contribution in [-0.4, -0.2) is 95.6 Å². The first-order valence-corrected chi connectivity index (χ1v) is 18.9. The standard InChI is InChI=1S/C20H32O5S.C18H28O4S/c1-14(12-23-13-16-6-8-17(22-5)9-7-16)18(21)15(2)26-20(3,4)19-24-10-11-25-19;1-12(16-13(2)23-18(3,4)17(19)22-16)10-21-11-14-6-8-15(20-5)9-7-14/h6-9,14-15,18-19,21H,10-13H2,1-5H3;6-9,12-13,16-17,19H,10-11H2,1-5H3/t14-,15+,18-;12-,13+,16-,17?/m00/s1. The smallest absolute Gasteiger partial charge is 0.171 e. The van der Waals surface area contributed by atoms with Gasteiger partial charge in [0.15, 0.2) is 12.6 Å². The van der Waals surface area contributed by atoms with E-state index in [2.05, 4.69) is 27.7 Å². The van der Waals surface area contributed by atoms with E-state index in [1.165, 1.54) is 0 Å². The first-order chi connectivity index (χ1) is 23.2. The van der Waals surface area contributed by atoms with Gasteiger partial charge in [-0.15, -0.1) is 23.5 Å². The minimum absolute atomic E-state index is 0.00103. The number of methoxy groups -OCH3 is 2. The molecule has 2 aliphatic heterocycles. The largest absolute Gasteiger partial charge is 0.497 e. The second kappa shape index (κ2) is 19.9. The van der Waals surface area contributed by atoms with E-state index >= 15 is 0 Å². The normalized spacial score (nSPS) is 23.6. The highest BCUT2D eigenvalue weighted by Gasteiger charge is 2.43. The maximum absolute atomic E-state index is 10.7. The highest BCUT2D eigenvalue weighted by Crippen LogP contribution is 2.42. The van der Waals surface area contributed by atoms with E-state index in [0.717, 1.165) is 22.6 Å². The van der Waals surface area contributed by atoms with Crippen molar-refractivity contribution in [3.63, 3.8) is 0 Å². The topological polar surface area (TPSA) is 105 Å². The minimum Gasteiger partial charge on any atom is -0.497 e. The molecule has 2 aromatic carbocycles. The molecule has 7 atom stereocenters. The zero-order chi connectivity index (χ0) is 36.2. The second-order valence-corrected chi connectivity index (χ2v) is 18.1. The first kappa shape index (κ1) is 41.9. The van der Waals surface area contributed by atoms with Gasteiger partial charge in [-0.25, -0.2) is 0 Å². The number of hydrogen-bond donors (Lipinski definition) is 2. The van der Waals surface area contributed by atoms with Crippen molar-refractivity contribution in [2.45, 2.75) is 113 Å². The quantitative estimate of drug-likeness (QED) is 0.188. The molecule has 0 amide bonds. The van der Waals surface area contributed by atoms with Crippen LogP contribution in [0.2, 0.25) is 0 Å². The number of ether oxygens (including phenoxy) is 7. The van der Waals surface area contributed by atoms with E-state index in [1.54, 1.807) is 37.7 Å². The minimum atomic E-state index is -0.738. The summed E-state index contributed by atoms with van der Waals surface area (Å²) in [7, 11) is 3.31. The Labute approximate surface area is 303 Å². The van der Waals surface area contributed by atoms with Crippen molar-refractivity contribution in [3.8, 4) is 11.5 Å². The predicted molar refractivity (Wildman–Crippen MR) is 198 cm³/mol. The molecule has 9 nitrogen and oxygen atoms in total. The molecule has 2 aromatic rings. The van der Waals surface area contributed by atoms with Gasteiger partial charge in [0.1, 0.15) is 11.5 Å². The van der Waals surface area contributed by atoms with Gasteiger partial charge >= 0.3 is 0 Å². The summed E-state index contributed by atoms with van der Waals surface area (Å²) in [6, 6.07) is 15.7. The van der Waals surface area contributed by atoms with Crippen LogP contribution in [0.5, 0.6) is 11.5 Å². The predicted octanol–water partition coefficient (Wildman–Crippen LogP) is 6.95. The summed E-state index contributed by atoms with van der Waals surface area (Å²) in [4.78, 5) is 0. The molecule has 2 N–H and O–H groups in total. The second-order valence-electron chi connectivity index (χ2n) is 14.1. The Morgan fingerprint density at radius 3 is 1.86 bits per heavy atom. The van der Waals surface area contributed by atoms with Crippen LogP contribution in [0.3, 0.4) is 0 Å². The van der Waals surface area contributed by atoms with Crippen LogP contribution < -0.4 is 9.47 Å². The highest BCUT2D eigenvalue weighted by atomic mass is 32.2. The molecule has 2 aliphatic rings. The van der Waals surface area contributed by atoms with Crippen LogP contribution in [0.4, 0.5) is 0 Å². The van der Waals surface area contributed by atoms with Crippen LogP contribution in [0, 0.1) is 11.8 Å². The van der Waals surface area contributed by atoms with E-state index in [9.17, 15) is 10.2 Å². The van der Waals surface area contributed by atoms with Crippen molar-refractivity contribution >= 4 is 23.5 Å². The summed E-state index contributed by atoms with van der Waals surface area (Å²) in [5, 5.41) is 21.2. The van der Waals surface area contributed by atoms with Crippen LogP contribution in [0.1, 0.15) is 66.5 Å². The highest BCUT2D eigenvalue weighted by molar-refractivity contribution is 8.01. The summed E-state index contributed by atoms with van der Waals surface area (Å²) in [6.45, 7) is 20.0. The number of rotatable bonds is 16. The van der Waals surface area contributed by atoms with Gasteiger partial charge in [0.2, 0.25) is 0 Å². The van der Waals surface area contributed by atoms with Crippen LogP contribution in [-0.2, 0) is 36.9 Å². The lowest BCUT2D eigenvalue weighted by Crippen LogP contribution is -2.50. The van der Waals surface area contributed by atoms with Crippen molar-refractivity contribution in [1.29, 1.82) is 0 Å². The molecular weight excluding hydrogens is 665 g/mol. The molecule has 0 spiro atoms. The molecule has 4 rings (SSSR count). The maximum atomic E-state index is 10.7. The molecular formula is C38H60O9S2. The lowest BCUT2D eigenvalue weighted by atomic mass is 10.0. The molecule has 278 valence electrons. The third-order valence-electron chi connectivity index (χ3n) is 8.75. The fraction of sp³-hybridized carbons (Fsp3) is 0.684. The molecule has 0 saturated carbocycles. The number of benzene rings is 2. The van der Waals surface area contributed by atoms with Gasteiger partial charge in [-0.05, 0) is 63.1 Å². The Morgan fingerprint density at radius 2 is 1.37 bits per heavy atom. The van der Waals surface area contributed by atoms with Crippen molar-refractivity contribution in [1.82, 2.24) is 0 Å². The van der Waals surface area contributed by atoms with Crippen molar-refractivity contribution in [2.75, 3.05) is 40.6 Å². The zero-order valence-corrected chi connectivity index (χ0v) is 32.7. The monoisotopic (exact) mass is 724 g/mol. The Bertz CT molecular complexity index is 1200. The van der Waals surface area contributed by atoms with Gasteiger partial charge < -0.3 is 43.4 Å². The summed E-state index contributed by atoms with van der Waals surface area (Å²) < 4.78 is 38.6. The van der Waals surface area contributed by atoms with Crippen molar-refractivity contribution < 1.29 is 43.4 Å². The van der Waals surface area contributed by atoms with E-state index < -0.39 is 12.4 Å². The fourth-order valence-electron chi connectivity index (χ4n) is 5.81. The Balaban J connectivity index is 0.000000267. The van der Waals surface area contributed by atoms with Gasteiger partial charge in [-0.3, -0.25) is 0 Å². The van der Waals surface area contributed by atoms with E-state index in [0.29, 0.717) is 44.9 Å². The summed E-state index contributed by atoms with van der Waals surface area (Å²) in [6.07, 6.45) is -1.42. The van der Waals surface area contributed by atoms with E-state index in [1.807, 2.05) is 76.2 Å². The number of aliphatic hydroxyl groups is 2. The lowest BCUT2D eigenvalue weighted by Gasteiger charge is -2.44. The number of aliphatic hydroxyl groups excluding tert-OH is 2. The molecule has 11 heteroatoms. The third kappa shape index (κ3) is 13.2. The van der Waals surface area contributed by atoms with Crippen LogP contribution in [0.15, 0.2) is 48.5 Å². The summed E-state index contributed by atoms with van der Waals surface area (Å²) >= 11 is 3.48. The zero-order valence-electron chi connectivity index (χ0n) is 31.0. The fourth-order valence-corrected chi connectivity index (χ4v) is 9.02. The Kier molecular flexibility index (Phi) is 17.0. The van der Waals surface area contributed by atoms with Gasteiger partial charge in [0.05, 0.1) is 75.6 Å². The van der Waals surface area contributed by atoms with Crippen LogP contribution in [0.25, 0.3) is 0 Å². The summed E-state index contributed by atoms with van der Waals surface area (Å²) in [5.74, 6) is 1.94. The third-order valence-corrected chi connectivity index (χ3v) is 11.7. The maximum Gasteiger partial charge on any atom is 0.171 e. The Hall–Kier alpha value is -1.54. The van der Waals surface area contributed by atoms with Gasteiger partial charge in [0, 0.05) is 22.3 Å². The first-order valence-electron chi connectivity index (χ1n) is 17.2. The van der Waals surface area contributed by atoms with Crippen LogP contribution >= 0.6 is 23.5 Å². The van der Waals surface area contributed by atoms with Gasteiger partial charge in [-0.2, -0.15) is 0 Å².